The molecule has 1 aliphatic rings. The van der Waals surface area contributed by atoms with Crippen molar-refractivity contribution in [3.05, 3.63) is 98.9 Å². The largest absolute Gasteiger partial charge is 0.301 e. The molecule has 3 aromatic heterocycles. The zero-order chi connectivity index (χ0) is 25.0. The molecule has 0 aliphatic heterocycles. The molecule has 186 valence electrons. The van der Waals surface area contributed by atoms with E-state index in [1.54, 1.807) is 23.1 Å². The molecule has 0 bridgehead atoms. The molecule has 2 aromatic carbocycles. The van der Waals surface area contributed by atoms with Gasteiger partial charge in [-0.1, -0.05) is 84.2 Å². The van der Waals surface area contributed by atoms with E-state index in [1.165, 1.54) is 34.2 Å². The predicted octanol–water partition coefficient (Wildman–Crippen LogP) is 6.54. The standard InChI is InChI=1S/C28H25N5OS3/c34-25-24-21-15-7-8-16-22(21)37-26(24)30-27(29-25)36-18-23-31-32-28(33(23)20-13-5-2-6-14-20)35-17-9-12-19-10-3-1-4-11-19/h1-6,9-14H,7-8,15-18H2,(H,29,30,34). The molecular weight excluding hydrogens is 519 g/mol. The third-order valence-corrected chi connectivity index (χ3v) is 9.21. The molecule has 0 fully saturated rings. The summed E-state index contributed by atoms with van der Waals surface area (Å²) in [7, 11) is 0. The molecule has 0 radical (unpaired) electrons. The highest BCUT2D eigenvalue weighted by atomic mass is 32.2. The maximum absolute atomic E-state index is 12.9. The zero-order valence-electron chi connectivity index (χ0n) is 20.1. The molecule has 9 heteroatoms. The van der Waals surface area contributed by atoms with Crippen LogP contribution in [0.3, 0.4) is 0 Å². The Morgan fingerprint density at radius 2 is 1.76 bits per heavy atom. The quantitative estimate of drug-likeness (QED) is 0.177. The number of benzene rings is 2. The van der Waals surface area contributed by atoms with E-state index in [4.69, 9.17) is 4.98 Å². The topological polar surface area (TPSA) is 76.5 Å². The molecule has 0 spiro atoms. The lowest BCUT2D eigenvalue weighted by Crippen LogP contribution is -2.11. The maximum Gasteiger partial charge on any atom is 0.260 e. The number of aromatic amines is 1. The molecule has 6 nitrogen and oxygen atoms in total. The summed E-state index contributed by atoms with van der Waals surface area (Å²) in [4.78, 5) is 22.9. The smallest absolute Gasteiger partial charge is 0.260 e. The molecular formula is C28H25N5OS3. The van der Waals surface area contributed by atoms with Crippen LogP contribution in [0.2, 0.25) is 0 Å². The van der Waals surface area contributed by atoms with E-state index in [1.807, 2.05) is 36.4 Å². The number of rotatable bonds is 8. The van der Waals surface area contributed by atoms with Gasteiger partial charge in [0.15, 0.2) is 10.3 Å². The van der Waals surface area contributed by atoms with Gasteiger partial charge < -0.3 is 4.98 Å². The zero-order valence-corrected chi connectivity index (χ0v) is 22.5. The van der Waals surface area contributed by atoms with Crippen molar-refractivity contribution < 1.29 is 0 Å². The summed E-state index contributed by atoms with van der Waals surface area (Å²) in [5, 5.41) is 11.3. The van der Waals surface area contributed by atoms with Crippen LogP contribution in [0.5, 0.6) is 0 Å². The van der Waals surface area contributed by atoms with Crippen LogP contribution in [-0.4, -0.2) is 30.5 Å². The maximum atomic E-state index is 12.9. The third-order valence-electron chi connectivity index (χ3n) is 6.27. The van der Waals surface area contributed by atoms with Crippen molar-refractivity contribution in [1.82, 2.24) is 24.7 Å². The van der Waals surface area contributed by atoms with Crippen LogP contribution >= 0.6 is 34.9 Å². The number of aromatic nitrogens is 5. The van der Waals surface area contributed by atoms with Gasteiger partial charge in [-0.2, -0.15) is 0 Å². The average Bonchev–Trinajstić information content (AvgIpc) is 3.52. The fraction of sp³-hybridized carbons (Fsp3) is 0.214. The van der Waals surface area contributed by atoms with Crippen molar-refractivity contribution in [3.8, 4) is 5.69 Å². The number of thioether (sulfide) groups is 2. The molecule has 1 N–H and O–H groups in total. The lowest BCUT2D eigenvalue weighted by Gasteiger charge is -2.10. The van der Waals surface area contributed by atoms with E-state index in [2.05, 4.69) is 56.2 Å². The van der Waals surface area contributed by atoms with Gasteiger partial charge in [0, 0.05) is 16.3 Å². The first-order valence-corrected chi connectivity index (χ1v) is 15.1. The second-order valence-electron chi connectivity index (χ2n) is 8.74. The second kappa shape index (κ2) is 11.1. The first-order valence-electron chi connectivity index (χ1n) is 12.3. The summed E-state index contributed by atoms with van der Waals surface area (Å²) in [6, 6.07) is 20.4. The van der Waals surface area contributed by atoms with Crippen LogP contribution < -0.4 is 5.56 Å². The number of para-hydroxylation sites is 1. The van der Waals surface area contributed by atoms with Crippen molar-refractivity contribution in [3.63, 3.8) is 0 Å². The van der Waals surface area contributed by atoms with Gasteiger partial charge in [-0.05, 0) is 48.9 Å². The van der Waals surface area contributed by atoms with Crippen molar-refractivity contribution in [2.24, 2.45) is 0 Å². The number of aryl methyl sites for hydroxylation is 2. The van der Waals surface area contributed by atoms with Crippen molar-refractivity contribution in [1.29, 1.82) is 0 Å². The monoisotopic (exact) mass is 543 g/mol. The highest BCUT2D eigenvalue weighted by Crippen LogP contribution is 2.34. The normalized spacial score (nSPS) is 13.4. The number of nitrogens with zero attached hydrogens (tertiary/aromatic N) is 4. The van der Waals surface area contributed by atoms with Gasteiger partial charge in [0.25, 0.3) is 5.56 Å². The molecule has 5 aromatic rings. The predicted molar refractivity (Wildman–Crippen MR) is 154 cm³/mol. The van der Waals surface area contributed by atoms with Crippen molar-refractivity contribution in [2.45, 2.75) is 41.7 Å². The lowest BCUT2D eigenvalue weighted by molar-refractivity contribution is 0.700. The molecule has 6 rings (SSSR count). The lowest BCUT2D eigenvalue weighted by atomic mass is 9.97. The Balaban J connectivity index is 1.23. The second-order valence-corrected chi connectivity index (χ2v) is 11.8. The number of hydrogen-bond donors (Lipinski definition) is 1. The van der Waals surface area contributed by atoms with Crippen LogP contribution in [0.25, 0.3) is 22.0 Å². The van der Waals surface area contributed by atoms with E-state index in [-0.39, 0.29) is 5.56 Å². The summed E-state index contributed by atoms with van der Waals surface area (Å²) in [6.07, 6.45) is 8.63. The molecule has 0 amide bonds. The van der Waals surface area contributed by atoms with Gasteiger partial charge in [-0.3, -0.25) is 9.36 Å². The number of thiophene rings is 1. The average molecular weight is 544 g/mol. The Morgan fingerprint density at radius 3 is 2.59 bits per heavy atom. The number of nitrogens with one attached hydrogen (secondary N) is 1. The minimum absolute atomic E-state index is 0.0297. The third kappa shape index (κ3) is 5.30. The number of hydrogen-bond acceptors (Lipinski definition) is 7. The highest BCUT2D eigenvalue weighted by molar-refractivity contribution is 7.99. The van der Waals surface area contributed by atoms with Gasteiger partial charge in [0.2, 0.25) is 0 Å². The summed E-state index contributed by atoms with van der Waals surface area (Å²) in [5.74, 6) is 2.14. The minimum atomic E-state index is -0.0297. The van der Waals surface area contributed by atoms with E-state index in [9.17, 15) is 4.79 Å². The van der Waals surface area contributed by atoms with Crippen LogP contribution in [0, 0.1) is 0 Å². The Kier molecular flexibility index (Phi) is 7.25. The number of H-pyrrole nitrogens is 1. The first-order chi connectivity index (χ1) is 18.3. The van der Waals surface area contributed by atoms with Crippen LogP contribution in [-0.2, 0) is 18.6 Å². The highest BCUT2D eigenvalue weighted by Gasteiger charge is 2.20. The molecule has 0 unspecified atom stereocenters. The SMILES string of the molecule is O=c1[nH]c(SCc2nnc(SCC=Cc3ccccc3)n2-c2ccccc2)nc2sc3c(c12)CCCC3. The summed E-state index contributed by atoms with van der Waals surface area (Å²) in [6.45, 7) is 0. The van der Waals surface area contributed by atoms with Crippen molar-refractivity contribution >= 4 is 51.2 Å². The van der Waals surface area contributed by atoms with E-state index in [0.29, 0.717) is 10.9 Å². The van der Waals surface area contributed by atoms with Crippen LogP contribution in [0.1, 0.15) is 34.7 Å². The Morgan fingerprint density at radius 1 is 0.973 bits per heavy atom. The van der Waals surface area contributed by atoms with E-state index < -0.39 is 0 Å². The molecule has 0 saturated carbocycles. The van der Waals surface area contributed by atoms with Crippen LogP contribution in [0.15, 0.2) is 81.8 Å². The Hall–Kier alpha value is -3.14. The fourth-order valence-corrected chi connectivity index (χ4v) is 7.41. The Labute approximate surface area is 227 Å². The van der Waals surface area contributed by atoms with Gasteiger partial charge in [-0.25, -0.2) is 4.98 Å². The molecule has 3 heterocycles. The van der Waals surface area contributed by atoms with Gasteiger partial charge >= 0.3 is 0 Å². The first kappa shape index (κ1) is 24.2. The van der Waals surface area contributed by atoms with Crippen LogP contribution in [0.4, 0.5) is 0 Å². The van der Waals surface area contributed by atoms with Crippen molar-refractivity contribution in [2.75, 3.05) is 5.75 Å². The molecule has 37 heavy (non-hydrogen) atoms. The fourth-order valence-electron chi connectivity index (χ4n) is 4.54. The summed E-state index contributed by atoms with van der Waals surface area (Å²) in [5.41, 5.74) is 3.37. The molecule has 0 saturated heterocycles. The van der Waals surface area contributed by atoms with Gasteiger partial charge in [0.05, 0.1) is 11.1 Å². The van der Waals surface area contributed by atoms with E-state index in [0.717, 1.165) is 51.9 Å². The Bertz CT molecular complexity index is 1610. The molecule has 1 aliphatic carbocycles. The number of fused-ring (bicyclic) bond motifs is 3. The summed E-state index contributed by atoms with van der Waals surface area (Å²) >= 11 is 4.81. The minimum Gasteiger partial charge on any atom is -0.301 e. The van der Waals surface area contributed by atoms with Gasteiger partial charge in [-0.15, -0.1) is 21.5 Å². The van der Waals surface area contributed by atoms with Gasteiger partial charge in [0.1, 0.15) is 10.7 Å². The van der Waals surface area contributed by atoms with E-state index >= 15 is 0 Å². The summed E-state index contributed by atoms with van der Waals surface area (Å²) < 4.78 is 2.09. The molecule has 0 atom stereocenters.